The molecule has 0 radical (unpaired) electrons. The van der Waals surface area contributed by atoms with E-state index in [-0.39, 0.29) is 0 Å². The van der Waals surface area contributed by atoms with Gasteiger partial charge in [-0.05, 0) is 43.5 Å². The van der Waals surface area contributed by atoms with Crippen LogP contribution in [0.25, 0.3) is 0 Å². The fourth-order valence-electron chi connectivity index (χ4n) is 2.79. The van der Waals surface area contributed by atoms with E-state index >= 15 is 0 Å². The summed E-state index contributed by atoms with van der Waals surface area (Å²) >= 11 is 0. The van der Waals surface area contributed by atoms with Crippen molar-refractivity contribution in [3.8, 4) is 0 Å². The van der Waals surface area contributed by atoms with Crippen LogP contribution in [0.1, 0.15) is 35.6 Å². The summed E-state index contributed by atoms with van der Waals surface area (Å²) < 4.78 is 0. The zero-order valence-corrected chi connectivity index (χ0v) is 13.2. The number of rotatable bonds is 6. The Morgan fingerprint density at radius 3 is 2.38 bits per heavy atom. The van der Waals surface area contributed by atoms with Gasteiger partial charge in [0.1, 0.15) is 5.60 Å². The van der Waals surface area contributed by atoms with Crippen LogP contribution in [0.5, 0.6) is 0 Å². The van der Waals surface area contributed by atoms with Crippen LogP contribution in [0, 0.1) is 13.8 Å². The molecular formula is C19H25NO. The van der Waals surface area contributed by atoms with E-state index < -0.39 is 5.60 Å². The van der Waals surface area contributed by atoms with E-state index in [1.165, 1.54) is 5.56 Å². The van der Waals surface area contributed by atoms with Crippen molar-refractivity contribution in [2.24, 2.45) is 0 Å². The zero-order valence-electron chi connectivity index (χ0n) is 13.2. The van der Waals surface area contributed by atoms with E-state index in [1.54, 1.807) is 0 Å². The highest BCUT2D eigenvalue weighted by Crippen LogP contribution is 2.31. The molecule has 0 bridgehead atoms. The molecule has 2 rings (SSSR count). The molecule has 0 aliphatic rings. The van der Waals surface area contributed by atoms with Crippen LogP contribution in [-0.2, 0) is 5.60 Å². The molecule has 2 heteroatoms. The average Bonchev–Trinajstić information content (AvgIpc) is 2.48. The largest absolute Gasteiger partial charge is 0.379 e. The molecule has 0 saturated heterocycles. The third-order valence-electron chi connectivity index (χ3n) is 3.89. The second-order valence-corrected chi connectivity index (χ2v) is 5.72. The molecule has 0 fully saturated rings. The molecule has 1 unspecified atom stereocenters. The van der Waals surface area contributed by atoms with Crippen LogP contribution in [0.15, 0.2) is 48.5 Å². The van der Waals surface area contributed by atoms with E-state index in [2.05, 4.69) is 38.2 Å². The van der Waals surface area contributed by atoms with Gasteiger partial charge < -0.3 is 10.4 Å². The summed E-state index contributed by atoms with van der Waals surface area (Å²) in [6.45, 7) is 7.70. The van der Waals surface area contributed by atoms with Crippen molar-refractivity contribution in [1.82, 2.24) is 5.32 Å². The summed E-state index contributed by atoms with van der Waals surface area (Å²) in [4.78, 5) is 0. The van der Waals surface area contributed by atoms with Gasteiger partial charge in [0.05, 0.1) is 0 Å². The summed E-state index contributed by atoms with van der Waals surface area (Å²) in [5.41, 5.74) is 3.25. The van der Waals surface area contributed by atoms with Crippen molar-refractivity contribution in [2.45, 2.75) is 32.8 Å². The Labute approximate surface area is 127 Å². The van der Waals surface area contributed by atoms with Gasteiger partial charge in [-0.3, -0.25) is 0 Å². The number of aryl methyl sites for hydroxylation is 2. The van der Waals surface area contributed by atoms with Gasteiger partial charge in [-0.2, -0.15) is 0 Å². The van der Waals surface area contributed by atoms with Crippen molar-refractivity contribution in [3.05, 3.63) is 70.8 Å². The van der Waals surface area contributed by atoms with Crippen LogP contribution in [-0.4, -0.2) is 18.2 Å². The predicted octanol–water partition coefficient (Wildman–Crippen LogP) is 3.54. The molecule has 0 saturated carbocycles. The second kappa shape index (κ2) is 6.88. The fraction of sp³-hybridized carbons (Fsp3) is 0.368. The molecule has 0 aliphatic heterocycles. The quantitative estimate of drug-likeness (QED) is 0.795. The Hall–Kier alpha value is -1.64. The van der Waals surface area contributed by atoms with Gasteiger partial charge in [-0.25, -0.2) is 0 Å². The first-order valence-corrected chi connectivity index (χ1v) is 7.64. The van der Waals surface area contributed by atoms with Crippen LogP contribution in [0.2, 0.25) is 0 Å². The lowest BCUT2D eigenvalue weighted by atomic mass is 9.83. The summed E-state index contributed by atoms with van der Waals surface area (Å²) in [6, 6.07) is 16.2. The highest BCUT2D eigenvalue weighted by Gasteiger charge is 2.32. The predicted molar refractivity (Wildman–Crippen MR) is 88.5 cm³/mol. The number of hydrogen-bond acceptors (Lipinski definition) is 2. The first-order chi connectivity index (χ1) is 10.1. The van der Waals surface area contributed by atoms with E-state index in [0.717, 1.165) is 29.7 Å². The minimum Gasteiger partial charge on any atom is -0.379 e. The molecule has 0 spiro atoms. The number of benzene rings is 2. The molecule has 0 amide bonds. The lowest BCUT2D eigenvalue weighted by Crippen LogP contribution is -2.40. The summed E-state index contributed by atoms with van der Waals surface area (Å²) in [7, 11) is 0. The van der Waals surface area contributed by atoms with E-state index in [9.17, 15) is 5.11 Å². The van der Waals surface area contributed by atoms with E-state index in [4.69, 9.17) is 0 Å². The van der Waals surface area contributed by atoms with Crippen molar-refractivity contribution in [2.75, 3.05) is 13.1 Å². The Morgan fingerprint density at radius 2 is 1.76 bits per heavy atom. The SMILES string of the molecule is CCCNCC(O)(c1ccccc1)c1ccc(C)cc1C. The van der Waals surface area contributed by atoms with Crippen LogP contribution in [0.3, 0.4) is 0 Å². The van der Waals surface area contributed by atoms with Gasteiger partial charge in [0.25, 0.3) is 0 Å². The molecule has 2 aromatic rings. The van der Waals surface area contributed by atoms with Crippen LogP contribution in [0.4, 0.5) is 0 Å². The summed E-state index contributed by atoms with van der Waals surface area (Å²) in [6.07, 6.45) is 1.05. The van der Waals surface area contributed by atoms with Gasteiger partial charge in [-0.1, -0.05) is 61.0 Å². The highest BCUT2D eigenvalue weighted by molar-refractivity contribution is 5.42. The summed E-state index contributed by atoms with van der Waals surface area (Å²) in [5, 5.41) is 14.8. The minimum absolute atomic E-state index is 0.523. The van der Waals surface area contributed by atoms with Gasteiger partial charge in [-0.15, -0.1) is 0 Å². The van der Waals surface area contributed by atoms with Gasteiger partial charge in [0, 0.05) is 6.54 Å². The molecule has 0 aromatic heterocycles. The Balaban J connectivity index is 2.44. The first kappa shape index (κ1) is 15.7. The average molecular weight is 283 g/mol. The maximum absolute atomic E-state index is 11.4. The Kier molecular flexibility index (Phi) is 5.16. The van der Waals surface area contributed by atoms with E-state index in [1.807, 2.05) is 36.4 Å². The van der Waals surface area contributed by atoms with Gasteiger partial charge in [0.2, 0.25) is 0 Å². The summed E-state index contributed by atoms with van der Waals surface area (Å²) in [5.74, 6) is 0. The Bertz CT molecular complexity index is 579. The number of hydrogen-bond donors (Lipinski definition) is 2. The smallest absolute Gasteiger partial charge is 0.127 e. The standard InChI is InChI=1S/C19H25NO/c1-4-12-20-14-19(21,17-8-6-5-7-9-17)18-11-10-15(2)13-16(18)3/h5-11,13,20-21H,4,12,14H2,1-3H3. The lowest BCUT2D eigenvalue weighted by molar-refractivity contribution is 0.0795. The molecule has 112 valence electrons. The topological polar surface area (TPSA) is 32.3 Å². The molecule has 21 heavy (non-hydrogen) atoms. The third-order valence-corrected chi connectivity index (χ3v) is 3.89. The normalized spacial score (nSPS) is 13.9. The molecular weight excluding hydrogens is 258 g/mol. The molecule has 1 atom stereocenters. The van der Waals surface area contributed by atoms with Gasteiger partial charge in [0.15, 0.2) is 0 Å². The fourth-order valence-corrected chi connectivity index (χ4v) is 2.79. The van der Waals surface area contributed by atoms with Crippen molar-refractivity contribution < 1.29 is 5.11 Å². The van der Waals surface area contributed by atoms with Gasteiger partial charge >= 0.3 is 0 Å². The molecule has 0 aliphatic carbocycles. The third kappa shape index (κ3) is 3.52. The second-order valence-electron chi connectivity index (χ2n) is 5.72. The van der Waals surface area contributed by atoms with Crippen molar-refractivity contribution >= 4 is 0 Å². The maximum Gasteiger partial charge on any atom is 0.127 e. The highest BCUT2D eigenvalue weighted by atomic mass is 16.3. The van der Waals surface area contributed by atoms with Crippen molar-refractivity contribution in [3.63, 3.8) is 0 Å². The molecule has 2 aromatic carbocycles. The number of nitrogens with one attached hydrogen (secondary N) is 1. The minimum atomic E-state index is -0.992. The first-order valence-electron chi connectivity index (χ1n) is 7.64. The van der Waals surface area contributed by atoms with E-state index in [0.29, 0.717) is 6.54 Å². The van der Waals surface area contributed by atoms with Crippen LogP contribution < -0.4 is 5.32 Å². The van der Waals surface area contributed by atoms with Crippen LogP contribution >= 0.6 is 0 Å². The number of aliphatic hydroxyl groups is 1. The Morgan fingerprint density at radius 1 is 1.05 bits per heavy atom. The molecule has 0 heterocycles. The zero-order chi connectivity index (χ0) is 15.3. The van der Waals surface area contributed by atoms with Crippen molar-refractivity contribution in [1.29, 1.82) is 0 Å². The monoisotopic (exact) mass is 283 g/mol. The lowest BCUT2D eigenvalue weighted by Gasteiger charge is -2.31. The molecule has 2 nitrogen and oxygen atoms in total. The maximum atomic E-state index is 11.4. The molecule has 2 N–H and O–H groups in total.